The fraction of sp³-hybridized carbons (Fsp3) is 0.562. The van der Waals surface area contributed by atoms with E-state index in [1.54, 1.807) is 0 Å². The molecular weight excluding hydrogens is 263 g/mol. The summed E-state index contributed by atoms with van der Waals surface area (Å²) in [7, 11) is 1.63. The standard InChI is InChI=1S/C16H25BN2O2/c1-12(18-6)14-8-10-19-11-13(14)7-9-17-20-15(2,3)16(4,5)21-17/h7-12,18H,1-6H3/b9-7+/t12-/m1/s1. The summed E-state index contributed by atoms with van der Waals surface area (Å²) in [5.41, 5.74) is 1.67. The summed E-state index contributed by atoms with van der Waals surface area (Å²) < 4.78 is 11.9. The Morgan fingerprint density at radius 3 is 2.43 bits per heavy atom. The molecule has 4 nitrogen and oxygen atoms in total. The van der Waals surface area contributed by atoms with Crippen molar-refractivity contribution in [1.82, 2.24) is 10.3 Å². The second kappa shape index (κ2) is 5.91. The number of pyridine rings is 1. The van der Waals surface area contributed by atoms with Crippen molar-refractivity contribution in [2.75, 3.05) is 7.05 Å². The van der Waals surface area contributed by atoms with Crippen LogP contribution in [0.2, 0.25) is 0 Å². The maximum absolute atomic E-state index is 5.97. The van der Waals surface area contributed by atoms with E-state index in [1.807, 2.05) is 37.6 Å². The van der Waals surface area contributed by atoms with E-state index in [0.717, 1.165) is 5.56 Å². The maximum atomic E-state index is 5.97. The van der Waals surface area contributed by atoms with Crippen LogP contribution in [0.1, 0.15) is 51.8 Å². The van der Waals surface area contributed by atoms with Crippen LogP contribution in [0.25, 0.3) is 6.08 Å². The number of nitrogens with one attached hydrogen (secondary N) is 1. The van der Waals surface area contributed by atoms with E-state index >= 15 is 0 Å². The summed E-state index contributed by atoms with van der Waals surface area (Å²) in [5, 5.41) is 3.25. The number of aromatic nitrogens is 1. The molecular formula is C16H25BN2O2. The summed E-state index contributed by atoms with van der Waals surface area (Å²) in [5.74, 6) is 1.96. The minimum Gasteiger partial charge on any atom is -0.400 e. The Hall–Kier alpha value is -1.17. The molecule has 1 aliphatic heterocycles. The van der Waals surface area contributed by atoms with E-state index in [1.165, 1.54) is 5.56 Å². The topological polar surface area (TPSA) is 43.4 Å². The normalized spacial score (nSPS) is 21.9. The van der Waals surface area contributed by atoms with Gasteiger partial charge in [0.2, 0.25) is 0 Å². The number of rotatable bonds is 4. The molecule has 1 saturated heterocycles. The van der Waals surface area contributed by atoms with Gasteiger partial charge in [-0.1, -0.05) is 12.1 Å². The molecule has 0 radical (unpaired) electrons. The maximum Gasteiger partial charge on any atom is 0.487 e. The Kier molecular flexibility index (Phi) is 4.56. The third-order valence-electron chi connectivity index (χ3n) is 4.49. The Balaban J connectivity index is 2.17. The molecule has 0 unspecified atom stereocenters. The Labute approximate surface area is 128 Å². The molecule has 5 heteroatoms. The zero-order valence-corrected chi connectivity index (χ0v) is 13.8. The first kappa shape index (κ1) is 16.2. The second-order valence-electron chi connectivity index (χ2n) is 6.50. The Morgan fingerprint density at radius 1 is 1.24 bits per heavy atom. The summed E-state index contributed by atoms with van der Waals surface area (Å²) in [4.78, 5) is 4.20. The molecule has 1 N–H and O–H groups in total. The molecule has 0 bridgehead atoms. The minimum atomic E-state index is -0.326. The van der Waals surface area contributed by atoms with E-state index in [2.05, 4.69) is 44.9 Å². The molecule has 0 spiro atoms. The van der Waals surface area contributed by atoms with Crippen molar-refractivity contribution in [2.45, 2.75) is 51.9 Å². The average Bonchev–Trinajstić information content (AvgIpc) is 2.64. The molecule has 0 saturated carbocycles. The van der Waals surface area contributed by atoms with E-state index in [0.29, 0.717) is 0 Å². The number of hydrogen-bond donors (Lipinski definition) is 1. The molecule has 114 valence electrons. The van der Waals surface area contributed by atoms with Crippen LogP contribution in [-0.2, 0) is 9.31 Å². The lowest BCUT2D eigenvalue weighted by atomic mass is 9.88. The fourth-order valence-electron chi connectivity index (χ4n) is 2.26. The lowest BCUT2D eigenvalue weighted by Gasteiger charge is -2.32. The van der Waals surface area contributed by atoms with Crippen LogP contribution in [-0.4, -0.2) is 30.4 Å². The molecule has 1 aromatic rings. The largest absolute Gasteiger partial charge is 0.487 e. The van der Waals surface area contributed by atoms with Crippen LogP contribution in [0.5, 0.6) is 0 Å². The monoisotopic (exact) mass is 288 g/mol. The van der Waals surface area contributed by atoms with Crippen molar-refractivity contribution in [2.24, 2.45) is 0 Å². The van der Waals surface area contributed by atoms with Gasteiger partial charge in [-0.2, -0.15) is 0 Å². The van der Waals surface area contributed by atoms with Crippen molar-refractivity contribution >= 4 is 13.2 Å². The molecule has 2 rings (SSSR count). The molecule has 21 heavy (non-hydrogen) atoms. The van der Waals surface area contributed by atoms with Gasteiger partial charge in [0.1, 0.15) is 0 Å². The highest BCUT2D eigenvalue weighted by molar-refractivity contribution is 6.52. The van der Waals surface area contributed by atoms with Crippen LogP contribution >= 0.6 is 0 Å². The zero-order valence-electron chi connectivity index (χ0n) is 13.8. The molecule has 0 aliphatic carbocycles. The molecule has 1 aromatic heterocycles. The number of nitrogens with zero attached hydrogens (tertiary/aromatic N) is 1. The van der Waals surface area contributed by atoms with Crippen LogP contribution < -0.4 is 5.32 Å². The van der Waals surface area contributed by atoms with Gasteiger partial charge in [-0.05, 0) is 58.9 Å². The second-order valence-corrected chi connectivity index (χ2v) is 6.50. The van der Waals surface area contributed by atoms with Gasteiger partial charge < -0.3 is 14.6 Å². The molecule has 2 heterocycles. The highest BCUT2D eigenvalue weighted by Gasteiger charge is 2.49. The quantitative estimate of drug-likeness (QED) is 0.865. The Bertz CT molecular complexity index is 513. The molecule has 0 amide bonds. The van der Waals surface area contributed by atoms with Gasteiger partial charge in [-0.3, -0.25) is 4.98 Å². The van der Waals surface area contributed by atoms with E-state index < -0.39 is 0 Å². The van der Waals surface area contributed by atoms with Crippen molar-refractivity contribution in [3.8, 4) is 0 Å². The summed E-state index contributed by atoms with van der Waals surface area (Å²) in [6.07, 6.45) is 5.71. The lowest BCUT2D eigenvalue weighted by Crippen LogP contribution is -2.41. The predicted octanol–water partition coefficient (Wildman–Crippen LogP) is 3.01. The van der Waals surface area contributed by atoms with Gasteiger partial charge >= 0.3 is 7.12 Å². The van der Waals surface area contributed by atoms with Crippen molar-refractivity contribution in [3.63, 3.8) is 0 Å². The smallest absolute Gasteiger partial charge is 0.400 e. The summed E-state index contributed by atoms with van der Waals surface area (Å²) >= 11 is 0. The van der Waals surface area contributed by atoms with Crippen LogP contribution in [0.15, 0.2) is 24.4 Å². The molecule has 1 fully saturated rings. The van der Waals surface area contributed by atoms with Crippen molar-refractivity contribution < 1.29 is 9.31 Å². The minimum absolute atomic E-state index is 0.269. The van der Waals surface area contributed by atoms with Crippen LogP contribution in [0.4, 0.5) is 0 Å². The summed E-state index contributed by atoms with van der Waals surface area (Å²) in [6, 6.07) is 2.30. The van der Waals surface area contributed by atoms with Crippen molar-refractivity contribution in [3.05, 3.63) is 35.6 Å². The predicted molar refractivity (Wildman–Crippen MR) is 86.8 cm³/mol. The third kappa shape index (κ3) is 3.36. The van der Waals surface area contributed by atoms with E-state index in [9.17, 15) is 0 Å². The first-order valence-electron chi connectivity index (χ1n) is 7.42. The first-order valence-corrected chi connectivity index (χ1v) is 7.42. The summed E-state index contributed by atoms with van der Waals surface area (Å²) in [6.45, 7) is 10.3. The Morgan fingerprint density at radius 2 is 1.86 bits per heavy atom. The van der Waals surface area contributed by atoms with Gasteiger partial charge in [0, 0.05) is 18.4 Å². The number of hydrogen-bond acceptors (Lipinski definition) is 4. The van der Waals surface area contributed by atoms with Crippen LogP contribution in [0, 0.1) is 0 Å². The van der Waals surface area contributed by atoms with Gasteiger partial charge in [-0.25, -0.2) is 0 Å². The van der Waals surface area contributed by atoms with Gasteiger partial charge in [0.25, 0.3) is 0 Å². The third-order valence-corrected chi connectivity index (χ3v) is 4.49. The zero-order chi connectivity index (χ0) is 15.7. The van der Waals surface area contributed by atoms with E-state index in [4.69, 9.17) is 9.31 Å². The van der Waals surface area contributed by atoms with Crippen LogP contribution in [0.3, 0.4) is 0 Å². The lowest BCUT2D eigenvalue weighted by molar-refractivity contribution is 0.00578. The highest BCUT2D eigenvalue weighted by Crippen LogP contribution is 2.37. The molecule has 0 aromatic carbocycles. The van der Waals surface area contributed by atoms with E-state index in [-0.39, 0.29) is 24.4 Å². The highest BCUT2D eigenvalue weighted by atomic mass is 16.7. The average molecular weight is 288 g/mol. The van der Waals surface area contributed by atoms with Gasteiger partial charge in [0.15, 0.2) is 0 Å². The van der Waals surface area contributed by atoms with Gasteiger partial charge in [0.05, 0.1) is 11.2 Å². The first-order chi connectivity index (χ1) is 9.77. The van der Waals surface area contributed by atoms with Gasteiger partial charge in [-0.15, -0.1) is 0 Å². The fourth-order valence-corrected chi connectivity index (χ4v) is 2.26. The molecule has 1 aliphatic rings. The van der Waals surface area contributed by atoms with Crippen molar-refractivity contribution in [1.29, 1.82) is 0 Å². The SMILES string of the molecule is CN[C@H](C)c1ccncc1/C=C/B1OC(C)(C)C(C)(C)O1. The molecule has 1 atom stereocenters.